The highest BCUT2D eigenvalue weighted by atomic mass is 32.2. The molecule has 6 fully saturated rings. The van der Waals surface area contributed by atoms with Gasteiger partial charge in [-0.25, -0.2) is 9.78 Å². The molecule has 1 aromatic heterocycles. The first-order valence-corrected chi connectivity index (χ1v) is 32.4. The van der Waals surface area contributed by atoms with Gasteiger partial charge in [0.2, 0.25) is 0 Å². The molecule has 486 valence electrons. The van der Waals surface area contributed by atoms with E-state index in [9.17, 15) is 38.6 Å². The Morgan fingerprint density at radius 1 is 0.943 bits per heavy atom. The molecule has 25 nitrogen and oxygen atoms in total. The largest absolute Gasteiger partial charge is 0.445 e. The molecular formula is C62H89N7O18S. The predicted molar refractivity (Wildman–Crippen MR) is 318 cm³/mol. The van der Waals surface area contributed by atoms with Gasteiger partial charge in [0.1, 0.15) is 30.7 Å². The van der Waals surface area contributed by atoms with Gasteiger partial charge in [0.05, 0.1) is 131 Å². The number of ketones is 1. The number of amides is 1. The van der Waals surface area contributed by atoms with Gasteiger partial charge in [0.25, 0.3) is 10.0 Å². The van der Waals surface area contributed by atoms with E-state index >= 15 is 0 Å². The molecule has 0 saturated carbocycles. The fourth-order valence-electron chi connectivity index (χ4n) is 12.8. The molecule has 6 aliphatic heterocycles. The zero-order valence-electron chi connectivity index (χ0n) is 51.0. The molecule has 4 bridgehead atoms. The van der Waals surface area contributed by atoms with Crippen LogP contribution >= 0.6 is 0 Å². The summed E-state index contributed by atoms with van der Waals surface area (Å²) in [4.78, 5) is 34.1. The smallest absolute Gasteiger partial charge is 0.407 e. The molecular weight excluding hydrogens is 1160 g/mol. The first-order chi connectivity index (χ1) is 42.4. The second-order valence-electron chi connectivity index (χ2n) is 23.8. The number of sulfonamides is 1. The van der Waals surface area contributed by atoms with E-state index in [1.165, 1.54) is 25.4 Å². The average Bonchev–Trinajstić information content (AvgIpc) is 1.62. The molecule has 7 heterocycles. The van der Waals surface area contributed by atoms with Gasteiger partial charge in [-0.05, 0) is 90.9 Å². The van der Waals surface area contributed by atoms with E-state index in [0.717, 1.165) is 29.1 Å². The Morgan fingerprint density at radius 2 is 1.69 bits per heavy atom. The Hall–Kier alpha value is -5.18. The van der Waals surface area contributed by atoms with Crippen molar-refractivity contribution < 1.29 is 85.4 Å². The summed E-state index contributed by atoms with van der Waals surface area (Å²) in [5.41, 5.74) is 11.1. The van der Waals surface area contributed by atoms with Crippen molar-refractivity contribution in [2.45, 2.75) is 207 Å². The van der Waals surface area contributed by atoms with Crippen molar-refractivity contribution in [3.8, 4) is 6.07 Å². The zero-order valence-corrected chi connectivity index (χ0v) is 51.8. The summed E-state index contributed by atoms with van der Waals surface area (Å²) in [7, 11) is -2.72. The number of Topliss-reactive ketones (excluding diaryl/α,β-unsaturated/α-hetero) is 1. The lowest BCUT2D eigenvalue weighted by Gasteiger charge is -2.47. The van der Waals surface area contributed by atoms with Crippen LogP contribution in [0.15, 0.2) is 77.0 Å². The number of nitrogens with one attached hydrogen (secondary N) is 1. The first kappa shape index (κ1) is 68.7. The molecule has 0 radical (unpaired) electrons. The number of azide groups is 1. The number of nitrogens with zero attached hydrogens (tertiary/aromatic N) is 6. The van der Waals surface area contributed by atoms with E-state index in [1.807, 2.05) is 19.9 Å². The number of hydrogen-bond acceptors (Lipinski definition) is 21. The molecule has 0 spiro atoms. The summed E-state index contributed by atoms with van der Waals surface area (Å²) in [6, 6.07) is 10.8. The number of ether oxygens (including phenoxy) is 11. The van der Waals surface area contributed by atoms with Crippen molar-refractivity contribution in [1.82, 2.24) is 10.3 Å². The van der Waals surface area contributed by atoms with Crippen molar-refractivity contribution in [2.75, 3.05) is 70.7 Å². The molecule has 17 atom stereocenters. The van der Waals surface area contributed by atoms with E-state index in [0.29, 0.717) is 56.3 Å². The highest BCUT2D eigenvalue weighted by Gasteiger charge is 2.59. The van der Waals surface area contributed by atoms with Gasteiger partial charge >= 0.3 is 6.09 Å². The standard InChI is InChI=1S/C62H89N7O18S/c1-7-38(3)40(5)49(72)31-53-48(29-44(70)28-46-14-15-52-60(83-46)56-32-55(84-52)59-50(73)33-62(86-56,87-59)18-17-47-27-39(4)51(8-2)82-47)58(77-6)54(85-53)30-45(71)36-66-61(74)81-37-41-9-12-43(13-10-41)69(88(75,76)57-16-11-42(34-63)35-65-57)20-22-79-24-26-80-25-23-78-21-19-67-68-64/h9-13,16,35,38,45-56,58-60,71-73H,4-5,7-8,14-15,17-33,36-37H2,1-3,6H3,(H,66,74)/t38-,45?,46?,47?,48?,49?,50-,51+,52?,53+,54-,55?,56?,58-,59?,60+,62-/m1/s1. The molecule has 0 aliphatic carbocycles. The van der Waals surface area contributed by atoms with Crippen LogP contribution in [0.2, 0.25) is 0 Å². The highest BCUT2D eigenvalue weighted by molar-refractivity contribution is 7.92. The number of aliphatic hydroxyl groups is 3. The molecule has 26 heteroatoms. The van der Waals surface area contributed by atoms with Crippen LogP contribution in [0.4, 0.5) is 10.5 Å². The van der Waals surface area contributed by atoms with E-state index in [1.54, 1.807) is 24.3 Å². The number of carbonyl (C=O) groups excluding carboxylic acids is 2. The molecule has 4 N–H and O–H groups in total. The lowest BCUT2D eigenvalue weighted by atomic mass is 9.83. The number of nitriles is 1. The van der Waals surface area contributed by atoms with E-state index in [2.05, 4.69) is 40.4 Å². The third-order valence-electron chi connectivity index (χ3n) is 17.7. The second kappa shape index (κ2) is 32.7. The maximum Gasteiger partial charge on any atom is 0.407 e. The quantitative estimate of drug-likeness (QED) is 0.0190. The number of alkyl carbamates (subject to hydrolysis) is 1. The Bertz CT molecular complexity index is 2830. The third kappa shape index (κ3) is 18.1. The fraction of sp³-hybridized carbons (Fsp3) is 0.710. The Kier molecular flexibility index (Phi) is 25.5. The average molecular weight is 1250 g/mol. The summed E-state index contributed by atoms with van der Waals surface area (Å²) in [6.07, 6.45) is -0.938. The fourth-order valence-corrected chi connectivity index (χ4v) is 14.2. The Balaban J connectivity index is 0.829. The first-order valence-electron chi connectivity index (χ1n) is 30.9. The molecule has 6 saturated heterocycles. The maximum atomic E-state index is 14.3. The minimum Gasteiger partial charge on any atom is -0.445 e. The van der Waals surface area contributed by atoms with Crippen LogP contribution in [-0.2, 0) is 73.5 Å². The molecule has 9 unspecified atom stereocenters. The predicted octanol–water partition coefficient (Wildman–Crippen LogP) is 6.44. The highest BCUT2D eigenvalue weighted by Crippen LogP contribution is 2.49. The summed E-state index contributed by atoms with van der Waals surface area (Å²) < 4.78 is 96.7. The van der Waals surface area contributed by atoms with Gasteiger partial charge in [0.15, 0.2) is 10.8 Å². The SMILES string of the molecule is C=C(C(O)C[C@@H]1O[C@H](CC(O)CNC(=O)OCc2ccc(N(CCOCCOCCOCCN=[N+]=[N-])S(=O)(=O)c3ccc(C#N)cn3)cc2)[C@H](OC)C1CC(=O)CC1CCC2OC3CC(O[C@@]4(CCC5CC(=C)[C@H](CC)O5)C[C@@H](O)C3O4)[C@H]2O1)[C@H](C)CC. The van der Waals surface area contributed by atoms with Gasteiger partial charge in [-0.15, -0.1) is 0 Å². The van der Waals surface area contributed by atoms with Crippen molar-refractivity contribution >= 4 is 27.6 Å². The van der Waals surface area contributed by atoms with Crippen LogP contribution in [-0.4, -0.2) is 198 Å². The number of hydrogen-bond donors (Lipinski definition) is 4. The number of aliphatic hydroxyl groups excluding tert-OH is 3. The van der Waals surface area contributed by atoms with Crippen LogP contribution in [0, 0.1) is 23.2 Å². The van der Waals surface area contributed by atoms with E-state index < -0.39 is 82.8 Å². The second-order valence-corrected chi connectivity index (χ2v) is 25.6. The van der Waals surface area contributed by atoms with Gasteiger partial charge < -0.3 is 72.7 Å². The number of fused-ring (bicyclic) bond motifs is 7. The zero-order chi connectivity index (χ0) is 63.0. The lowest BCUT2D eigenvalue weighted by Crippen LogP contribution is -2.58. The summed E-state index contributed by atoms with van der Waals surface area (Å²) in [6.45, 7) is 15.4. The van der Waals surface area contributed by atoms with Gasteiger partial charge in [-0.3, -0.25) is 9.10 Å². The number of carbonyl (C=O) groups is 2. The number of rotatable bonds is 35. The van der Waals surface area contributed by atoms with Crippen LogP contribution < -0.4 is 9.62 Å². The van der Waals surface area contributed by atoms with E-state index in [-0.39, 0.29) is 143 Å². The van der Waals surface area contributed by atoms with Crippen molar-refractivity contribution in [3.05, 3.63) is 88.5 Å². The van der Waals surface area contributed by atoms with Crippen LogP contribution in [0.3, 0.4) is 0 Å². The van der Waals surface area contributed by atoms with Crippen LogP contribution in [0.1, 0.15) is 115 Å². The number of benzene rings is 1. The minimum absolute atomic E-state index is 0.00652. The molecule has 1 amide bonds. The number of methoxy groups -OCH3 is 1. The summed E-state index contributed by atoms with van der Waals surface area (Å²) in [5, 5.41) is 49.0. The third-order valence-corrected chi connectivity index (χ3v) is 19.4. The number of pyridine rings is 1. The minimum atomic E-state index is -4.24. The van der Waals surface area contributed by atoms with Crippen LogP contribution in [0.25, 0.3) is 10.4 Å². The topological polar surface area (TPSA) is 331 Å². The van der Waals surface area contributed by atoms with Crippen LogP contribution in [0.5, 0.6) is 0 Å². The van der Waals surface area contributed by atoms with E-state index in [4.69, 9.17) is 57.6 Å². The van der Waals surface area contributed by atoms with Crippen molar-refractivity contribution in [2.24, 2.45) is 17.0 Å². The molecule has 1 aromatic carbocycles. The summed E-state index contributed by atoms with van der Waals surface area (Å²) in [5.74, 6) is -1.58. The monoisotopic (exact) mass is 1250 g/mol. The maximum absolute atomic E-state index is 14.3. The van der Waals surface area contributed by atoms with Gasteiger partial charge in [0, 0.05) is 82.2 Å². The van der Waals surface area contributed by atoms with Gasteiger partial charge in [-0.2, -0.15) is 13.7 Å². The molecule has 88 heavy (non-hydrogen) atoms. The Labute approximate surface area is 515 Å². The number of aromatic nitrogens is 1. The lowest BCUT2D eigenvalue weighted by molar-refractivity contribution is -0.277. The normalized spacial score (nSPS) is 30.1. The summed E-state index contributed by atoms with van der Waals surface area (Å²) >= 11 is 0. The Morgan fingerprint density at radius 3 is 2.38 bits per heavy atom. The molecule has 2 aromatic rings. The van der Waals surface area contributed by atoms with Crippen molar-refractivity contribution in [1.29, 1.82) is 5.26 Å². The number of anilines is 1. The van der Waals surface area contributed by atoms with Crippen molar-refractivity contribution in [3.63, 3.8) is 0 Å². The molecule has 8 rings (SSSR count). The van der Waals surface area contributed by atoms with Gasteiger partial charge in [-0.1, -0.05) is 51.2 Å². The molecule has 6 aliphatic rings.